The maximum Gasteiger partial charge on any atom is 0.0253 e. The number of hydrogen-bond donors (Lipinski definition) is 1. The van der Waals surface area contributed by atoms with Crippen molar-refractivity contribution in [3.05, 3.63) is 0 Å². The SMILES string of the molecule is CCC1CNC(C)(C)CN1C(C)CC1CC1. The summed E-state index contributed by atoms with van der Waals surface area (Å²) in [6.07, 6.45) is 5.66. The molecule has 0 bridgehead atoms. The van der Waals surface area contributed by atoms with Gasteiger partial charge in [-0.25, -0.2) is 0 Å². The maximum atomic E-state index is 3.67. The minimum absolute atomic E-state index is 0.295. The van der Waals surface area contributed by atoms with E-state index >= 15 is 0 Å². The van der Waals surface area contributed by atoms with Crippen LogP contribution in [0.4, 0.5) is 0 Å². The molecule has 1 saturated heterocycles. The van der Waals surface area contributed by atoms with Gasteiger partial charge in [0, 0.05) is 30.7 Å². The summed E-state index contributed by atoms with van der Waals surface area (Å²) in [6.45, 7) is 11.8. The van der Waals surface area contributed by atoms with Crippen LogP contribution in [0.25, 0.3) is 0 Å². The van der Waals surface area contributed by atoms with Crippen LogP contribution in [0.15, 0.2) is 0 Å². The van der Waals surface area contributed by atoms with Crippen molar-refractivity contribution < 1.29 is 0 Å². The second-order valence-electron chi connectivity index (χ2n) is 6.53. The molecule has 0 radical (unpaired) electrons. The molecular formula is C14H28N2. The minimum Gasteiger partial charge on any atom is -0.309 e. The van der Waals surface area contributed by atoms with Crippen LogP contribution in [-0.2, 0) is 0 Å². The molecule has 1 N–H and O–H groups in total. The van der Waals surface area contributed by atoms with Crippen LogP contribution in [0.3, 0.4) is 0 Å². The van der Waals surface area contributed by atoms with Gasteiger partial charge in [0.25, 0.3) is 0 Å². The second kappa shape index (κ2) is 4.66. The van der Waals surface area contributed by atoms with Crippen LogP contribution in [-0.4, -0.2) is 35.6 Å². The molecule has 0 aromatic heterocycles. The Bertz CT molecular complexity index is 233. The van der Waals surface area contributed by atoms with Crippen molar-refractivity contribution in [1.29, 1.82) is 0 Å². The summed E-state index contributed by atoms with van der Waals surface area (Å²) in [7, 11) is 0. The Kier molecular flexibility index (Phi) is 3.60. The lowest BCUT2D eigenvalue weighted by Crippen LogP contribution is -2.63. The number of rotatable bonds is 4. The van der Waals surface area contributed by atoms with Crippen molar-refractivity contribution in [2.45, 2.75) is 71.0 Å². The lowest BCUT2D eigenvalue weighted by atomic mass is 9.94. The Morgan fingerprint density at radius 1 is 1.38 bits per heavy atom. The standard InChI is InChI=1S/C14H28N2/c1-5-13-9-15-14(3,4)10-16(13)11(2)8-12-6-7-12/h11-13,15H,5-10H2,1-4H3. The van der Waals surface area contributed by atoms with Crippen LogP contribution in [0.2, 0.25) is 0 Å². The van der Waals surface area contributed by atoms with E-state index in [9.17, 15) is 0 Å². The lowest BCUT2D eigenvalue weighted by Gasteiger charge is -2.47. The summed E-state index contributed by atoms with van der Waals surface area (Å²) in [4.78, 5) is 2.76. The predicted molar refractivity (Wildman–Crippen MR) is 69.7 cm³/mol. The van der Waals surface area contributed by atoms with Gasteiger partial charge in [-0.05, 0) is 39.5 Å². The Balaban J connectivity index is 1.95. The molecule has 16 heavy (non-hydrogen) atoms. The molecule has 2 atom stereocenters. The van der Waals surface area contributed by atoms with Gasteiger partial charge in [0.1, 0.15) is 0 Å². The van der Waals surface area contributed by atoms with Crippen LogP contribution in [0.5, 0.6) is 0 Å². The van der Waals surface area contributed by atoms with E-state index in [1.807, 2.05) is 0 Å². The monoisotopic (exact) mass is 224 g/mol. The summed E-state index contributed by atoms with van der Waals surface area (Å²) in [5.41, 5.74) is 0.295. The zero-order chi connectivity index (χ0) is 11.8. The van der Waals surface area contributed by atoms with Gasteiger partial charge in [-0.15, -0.1) is 0 Å². The van der Waals surface area contributed by atoms with Crippen molar-refractivity contribution in [2.75, 3.05) is 13.1 Å². The lowest BCUT2D eigenvalue weighted by molar-refractivity contribution is 0.0530. The van der Waals surface area contributed by atoms with Crippen LogP contribution in [0.1, 0.15) is 53.4 Å². The molecule has 0 aromatic rings. The normalized spacial score (nSPS) is 32.6. The van der Waals surface area contributed by atoms with E-state index in [0.717, 1.165) is 18.0 Å². The Morgan fingerprint density at radius 2 is 2.06 bits per heavy atom. The van der Waals surface area contributed by atoms with E-state index in [0.29, 0.717) is 5.54 Å². The third-order valence-corrected chi connectivity index (χ3v) is 4.27. The molecule has 2 fully saturated rings. The Morgan fingerprint density at radius 3 is 2.62 bits per heavy atom. The number of hydrogen-bond acceptors (Lipinski definition) is 2. The highest BCUT2D eigenvalue weighted by atomic mass is 15.3. The minimum atomic E-state index is 0.295. The van der Waals surface area contributed by atoms with Crippen molar-refractivity contribution in [3.63, 3.8) is 0 Å². The molecule has 94 valence electrons. The summed E-state index contributed by atoms with van der Waals surface area (Å²) < 4.78 is 0. The van der Waals surface area contributed by atoms with Crippen molar-refractivity contribution in [3.8, 4) is 0 Å². The van der Waals surface area contributed by atoms with Gasteiger partial charge >= 0.3 is 0 Å². The maximum absolute atomic E-state index is 3.67. The third kappa shape index (κ3) is 2.98. The van der Waals surface area contributed by atoms with E-state index in [1.165, 1.54) is 38.8 Å². The topological polar surface area (TPSA) is 15.3 Å². The molecule has 1 aliphatic heterocycles. The first-order valence-electron chi connectivity index (χ1n) is 7.02. The van der Waals surface area contributed by atoms with E-state index in [2.05, 4.69) is 37.9 Å². The average Bonchev–Trinajstić information content (AvgIpc) is 3.00. The van der Waals surface area contributed by atoms with Crippen LogP contribution < -0.4 is 5.32 Å². The first kappa shape index (κ1) is 12.4. The number of nitrogens with one attached hydrogen (secondary N) is 1. The Labute approximate surface area is 101 Å². The molecule has 2 aliphatic rings. The van der Waals surface area contributed by atoms with Crippen LogP contribution in [0, 0.1) is 5.92 Å². The quantitative estimate of drug-likeness (QED) is 0.790. The number of nitrogens with zero attached hydrogens (tertiary/aromatic N) is 1. The van der Waals surface area contributed by atoms with Gasteiger partial charge in [-0.3, -0.25) is 4.90 Å². The number of piperazine rings is 1. The van der Waals surface area contributed by atoms with Gasteiger partial charge in [-0.1, -0.05) is 19.8 Å². The fraction of sp³-hybridized carbons (Fsp3) is 1.00. The van der Waals surface area contributed by atoms with Gasteiger partial charge in [0.05, 0.1) is 0 Å². The first-order valence-corrected chi connectivity index (χ1v) is 7.02. The molecule has 1 heterocycles. The molecule has 0 amide bonds. The molecule has 2 unspecified atom stereocenters. The van der Waals surface area contributed by atoms with Crippen molar-refractivity contribution in [2.24, 2.45) is 5.92 Å². The fourth-order valence-corrected chi connectivity index (χ4v) is 3.02. The summed E-state index contributed by atoms with van der Waals surface area (Å²) in [5, 5.41) is 3.67. The smallest absolute Gasteiger partial charge is 0.0253 e. The fourth-order valence-electron chi connectivity index (χ4n) is 3.02. The molecule has 1 saturated carbocycles. The molecule has 0 spiro atoms. The van der Waals surface area contributed by atoms with E-state index in [-0.39, 0.29) is 0 Å². The van der Waals surface area contributed by atoms with Gasteiger partial charge < -0.3 is 5.32 Å². The Hall–Kier alpha value is -0.0800. The van der Waals surface area contributed by atoms with Crippen molar-refractivity contribution in [1.82, 2.24) is 10.2 Å². The average molecular weight is 224 g/mol. The highest BCUT2D eigenvalue weighted by Gasteiger charge is 2.35. The zero-order valence-electron chi connectivity index (χ0n) is 11.4. The summed E-state index contributed by atoms with van der Waals surface area (Å²) in [6, 6.07) is 1.53. The highest BCUT2D eigenvalue weighted by molar-refractivity contribution is 4.94. The van der Waals surface area contributed by atoms with E-state index in [4.69, 9.17) is 0 Å². The molecule has 2 heteroatoms. The first-order chi connectivity index (χ1) is 7.52. The van der Waals surface area contributed by atoms with Crippen molar-refractivity contribution >= 4 is 0 Å². The van der Waals surface area contributed by atoms with Crippen LogP contribution >= 0.6 is 0 Å². The van der Waals surface area contributed by atoms with E-state index < -0.39 is 0 Å². The predicted octanol–water partition coefficient (Wildman–Crippen LogP) is 2.64. The summed E-state index contributed by atoms with van der Waals surface area (Å²) >= 11 is 0. The molecule has 2 rings (SSSR count). The van der Waals surface area contributed by atoms with Gasteiger partial charge in [0.15, 0.2) is 0 Å². The largest absolute Gasteiger partial charge is 0.309 e. The molecule has 2 nitrogen and oxygen atoms in total. The summed E-state index contributed by atoms with van der Waals surface area (Å²) in [5.74, 6) is 1.05. The molecule has 0 aromatic carbocycles. The van der Waals surface area contributed by atoms with E-state index in [1.54, 1.807) is 0 Å². The third-order valence-electron chi connectivity index (χ3n) is 4.27. The molecule has 1 aliphatic carbocycles. The highest BCUT2D eigenvalue weighted by Crippen LogP contribution is 2.35. The molecular weight excluding hydrogens is 196 g/mol. The zero-order valence-corrected chi connectivity index (χ0v) is 11.4. The van der Waals surface area contributed by atoms with Gasteiger partial charge in [-0.2, -0.15) is 0 Å². The van der Waals surface area contributed by atoms with Gasteiger partial charge in [0.2, 0.25) is 0 Å². The second-order valence-corrected chi connectivity index (χ2v) is 6.53.